The van der Waals surface area contributed by atoms with Crippen LogP contribution in [0, 0.1) is 5.82 Å². The van der Waals surface area contributed by atoms with E-state index in [0.717, 1.165) is 0 Å². The van der Waals surface area contributed by atoms with Crippen LogP contribution in [0.25, 0.3) is 16.6 Å². The number of methoxy groups -OCH3 is 1. The molecule has 3 aromatic carbocycles. The molecule has 0 radical (unpaired) electrons. The average molecular weight is 445 g/mol. The van der Waals surface area contributed by atoms with Crippen molar-refractivity contribution in [1.82, 2.24) is 14.5 Å². The molecule has 1 heterocycles. The number of hydrogen-bond donors (Lipinski definition) is 0. The van der Waals surface area contributed by atoms with Gasteiger partial charge >= 0.3 is 0 Å². The third kappa shape index (κ3) is 4.09. The number of fused-ring (bicyclic) bond motifs is 1. The molecule has 4 rings (SSSR count). The Hall–Kier alpha value is -4.00. The molecular formula is C26H24FN3O3. The van der Waals surface area contributed by atoms with Gasteiger partial charge in [0.2, 0.25) is 0 Å². The number of amides is 1. The van der Waals surface area contributed by atoms with Crippen LogP contribution < -0.4 is 10.3 Å². The van der Waals surface area contributed by atoms with Crippen molar-refractivity contribution in [3.05, 3.63) is 100 Å². The van der Waals surface area contributed by atoms with E-state index in [0.29, 0.717) is 34.7 Å². The summed E-state index contributed by atoms with van der Waals surface area (Å²) in [5.74, 6) is 0.0530. The van der Waals surface area contributed by atoms with Gasteiger partial charge in [-0.25, -0.2) is 9.37 Å². The van der Waals surface area contributed by atoms with E-state index >= 15 is 0 Å². The van der Waals surface area contributed by atoms with Gasteiger partial charge in [0.25, 0.3) is 11.5 Å². The molecule has 1 atom stereocenters. The van der Waals surface area contributed by atoms with Gasteiger partial charge in [0, 0.05) is 12.1 Å². The van der Waals surface area contributed by atoms with E-state index in [1.54, 1.807) is 41.3 Å². The highest BCUT2D eigenvalue weighted by Crippen LogP contribution is 2.28. The van der Waals surface area contributed by atoms with Crippen LogP contribution in [-0.4, -0.2) is 34.0 Å². The summed E-state index contributed by atoms with van der Waals surface area (Å²) in [5.41, 5.74) is 1.03. The molecule has 0 aliphatic rings. The number of carbonyl (C=O) groups is 1. The van der Waals surface area contributed by atoms with Gasteiger partial charge in [0.1, 0.15) is 17.4 Å². The maximum atomic E-state index is 13.8. The second-order valence-corrected chi connectivity index (χ2v) is 7.58. The second-order valence-electron chi connectivity index (χ2n) is 7.58. The normalized spacial score (nSPS) is 11.9. The lowest BCUT2D eigenvalue weighted by molar-refractivity contribution is 0.0692. The molecule has 1 unspecified atom stereocenters. The lowest BCUT2D eigenvalue weighted by Crippen LogP contribution is -2.37. The summed E-state index contributed by atoms with van der Waals surface area (Å²) in [6.45, 7) is 3.98. The molecule has 0 saturated heterocycles. The molecule has 0 aliphatic carbocycles. The van der Waals surface area contributed by atoms with Crippen LogP contribution in [0.15, 0.2) is 77.6 Å². The second kappa shape index (κ2) is 9.24. The number of para-hydroxylation sites is 3. The monoisotopic (exact) mass is 445 g/mol. The summed E-state index contributed by atoms with van der Waals surface area (Å²) in [5, 5.41) is 0.457. The maximum absolute atomic E-state index is 13.8. The van der Waals surface area contributed by atoms with E-state index in [-0.39, 0.29) is 17.0 Å². The first-order valence-corrected chi connectivity index (χ1v) is 10.7. The minimum Gasteiger partial charge on any atom is -0.495 e. The smallest absolute Gasteiger partial charge is 0.266 e. The van der Waals surface area contributed by atoms with Crippen LogP contribution in [0.1, 0.15) is 36.1 Å². The van der Waals surface area contributed by atoms with Gasteiger partial charge in [-0.3, -0.25) is 14.2 Å². The Kier molecular flexibility index (Phi) is 6.22. The first-order chi connectivity index (χ1) is 16.0. The Bertz CT molecular complexity index is 1380. The number of benzene rings is 3. The molecule has 0 N–H and O–H groups in total. The van der Waals surface area contributed by atoms with E-state index in [1.807, 2.05) is 32.0 Å². The molecule has 0 aliphatic heterocycles. The third-order valence-electron chi connectivity index (χ3n) is 5.64. The van der Waals surface area contributed by atoms with Gasteiger partial charge in [-0.05, 0) is 56.3 Å². The molecule has 1 amide bonds. The summed E-state index contributed by atoms with van der Waals surface area (Å²) in [6.07, 6.45) is 0. The first-order valence-electron chi connectivity index (χ1n) is 10.7. The molecule has 7 heteroatoms. The zero-order valence-corrected chi connectivity index (χ0v) is 18.7. The van der Waals surface area contributed by atoms with Gasteiger partial charge in [0.05, 0.1) is 29.7 Å². The Morgan fingerprint density at radius 1 is 1.09 bits per heavy atom. The molecule has 0 fully saturated rings. The highest BCUT2D eigenvalue weighted by Gasteiger charge is 2.27. The van der Waals surface area contributed by atoms with Gasteiger partial charge in [-0.15, -0.1) is 0 Å². The number of aromatic nitrogens is 2. The lowest BCUT2D eigenvalue weighted by atomic mass is 10.1. The molecule has 1 aromatic heterocycles. The highest BCUT2D eigenvalue weighted by atomic mass is 19.1. The van der Waals surface area contributed by atoms with Crippen molar-refractivity contribution in [2.45, 2.75) is 19.9 Å². The summed E-state index contributed by atoms with van der Waals surface area (Å²) in [6, 6.07) is 19.2. The summed E-state index contributed by atoms with van der Waals surface area (Å²) in [7, 11) is 1.53. The fourth-order valence-electron chi connectivity index (χ4n) is 4.00. The minimum absolute atomic E-state index is 0.232. The van der Waals surface area contributed by atoms with Crippen LogP contribution in [-0.2, 0) is 0 Å². The molecule has 0 saturated carbocycles. The molecule has 0 spiro atoms. The fraction of sp³-hybridized carbons (Fsp3) is 0.192. The molecule has 4 aromatic rings. The molecule has 6 nitrogen and oxygen atoms in total. The minimum atomic E-state index is -0.590. The zero-order valence-electron chi connectivity index (χ0n) is 18.7. The van der Waals surface area contributed by atoms with E-state index in [1.165, 1.54) is 29.9 Å². The standard InChI is InChI=1S/C26H24FN3O3/c1-4-29(25(31)18-10-9-11-19(27)16-18)17(2)24-28-21-13-6-5-12-20(21)26(32)30(24)22-14-7-8-15-23(22)33-3/h5-17H,4H2,1-3H3. The van der Waals surface area contributed by atoms with Crippen molar-refractivity contribution in [3.63, 3.8) is 0 Å². The largest absolute Gasteiger partial charge is 0.495 e. The molecule has 0 bridgehead atoms. The number of carbonyl (C=O) groups excluding carboxylic acids is 1. The number of rotatable bonds is 6. The quantitative estimate of drug-likeness (QED) is 0.429. The first kappa shape index (κ1) is 22.2. The number of ether oxygens (including phenoxy) is 1. The number of hydrogen-bond acceptors (Lipinski definition) is 4. The topological polar surface area (TPSA) is 64.4 Å². The van der Waals surface area contributed by atoms with Crippen LogP contribution in [0.4, 0.5) is 4.39 Å². The summed E-state index contributed by atoms with van der Waals surface area (Å²) in [4.78, 5) is 33.3. The molecule has 33 heavy (non-hydrogen) atoms. The summed E-state index contributed by atoms with van der Waals surface area (Å²) < 4.78 is 20.8. The Morgan fingerprint density at radius 2 is 1.82 bits per heavy atom. The Morgan fingerprint density at radius 3 is 2.55 bits per heavy atom. The van der Waals surface area contributed by atoms with Crippen molar-refractivity contribution in [2.24, 2.45) is 0 Å². The Balaban J connectivity index is 1.93. The van der Waals surface area contributed by atoms with Crippen molar-refractivity contribution >= 4 is 16.8 Å². The number of halogens is 1. The molecular weight excluding hydrogens is 421 g/mol. The van der Waals surface area contributed by atoms with E-state index in [4.69, 9.17) is 9.72 Å². The highest BCUT2D eigenvalue weighted by molar-refractivity contribution is 5.94. The van der Waals surface area contributed by atoms with Crippen LogP contribution in [0.3, 0.4) is 0 Å². The molecule has 168 valence electrons. The average Bonchev–Trinajstić information content (AvgIpc) is 2.84. The van der Waals surface area contributed by atoms with Crippen molar-refractivity contribution in [2.75, 3.05) is 13.7 Å². The zero-order chi connectivity index (χ0) is 23.5. The fourth-order valence-corrected chi connectivity index (χ4v) is 4.00. The van der Waals surface area contributed by atoms with Gasteiger partial charge in [-0.1, -0.05) is 30.3 Å². The van der Waals surface area contributed by atoms with Gasteiger partial charge < -0.3 is 9.64 Å². The predicted molar refractivity (Wildman–Crippen MR) is 125 cm³/mol. The predicted octanol–water partition coefficient (Wildman–Crippen LogP) is 4.76. The SMILES string of the molecule is CCN(C(=O)c1cccc(F)c1)C(C)c1nc2ccccc2c(=O)n1-c1ccccc1OC. The lowest BCUT2D eigenvalue weighted by Gasteiger charge is -2.30. The number of nitrogens with zero attached hydrogens (tertiary/aromatic N) is 3. The van der Waals surface area contributed by atoms with Gasteiger partial charge in [0.15, 0.2) is 0 Å². The van der Waals surface area contributed by atoms with E-state index in [2.05, 4.69) is 0 Å². The van der Waals surface area contributed by atoms with E-state index < -0.39 is 11.9 Å². The van der Waals surface area contributed by atoms with Crippen LogP contribution in [0.5, 0.6) is 5.75 Å². The van der Waals surface area contributed by atoms with Crippen LogP contribution >= 0.6 is 0 Å². The maximum Gasteiger partial charge on any atom is 0.266 e. The van der Waals surface area contributed by atoms with E-state index in [9.17, 15) is 14.0 Å². The van der Waals surface area contributed by atoms with Gasteiger partial charge in [-0.2, -0.15) is 0 Å². The Labute approximate surface area is 190 Å². The third-order valence-corrected chi connectivity index (χ3v) is 5.64. The van der Waals surface area contributed by atoms with Crippen LogP contribution in [0.2, 0.25) is 0 Å². The summed E-state index contributed by atoms with van der Waals surface area (Å²) >= 11 is 0. The van der Waals surface area contributed by atoms with Crippen molar-refractivity contribution in [3.8, 4) is 11.4 Å². The van der Waals surface area contributed by atoms with Crippen molar-refractivity contribution in [1.29, 1.82) is 0 Å². The van der Waals surface area contributed by atoms with Crippen molar-refractivity contribution < 1.29 is 13.9 Å².